The summed E-state index contributed by atoms with van der Waals surface area (Å²) in [4.78, 5) is 13.3. The number of carbonyl (C=O) groups excluding carboxylic acids is 1. The van der Waals surface area contributed by atoms with E-state index in [4.69, 9.17) is 0 Å². The smallest absolute Gasteiger partial charge is 0.169 e. The minimum Gasteiger partial charge on any atom is -0.294 e. The normalized spacial score (nSPS) is 40.5. The lowest BCUT2D eigenvalue weighted by atomic mass is 9.43. The van der Waals surface area contributed by atoms with Crippen molar-refractivity contribution in [3.8, 4) is 0 Å². The molecule has 1 nitrogen and oxygen atoms in total. The van der Waals surface area contributed by atoms with Crippen LogP contribution in [-0.4, -0.2) is 5.78 Å². The van der Waals surface area contributed by atoms with E-state index >= 15 is 0 Å². The molecule has 4 fully saturated rings. The number of ketones is 1. The maximum absolute atomic E-state index is 13.3. The maximum atomic E-state index is 13.3. The van der Waals surface area contributed by atoms with Crippen molar-refractivity contribution in [2.45, 2.75) is 58.8 Å². The van der Waals surface area contributed by atoms with Gasteiger partial charge in [0.15, 0.2) is 5.78 Å². The number of hydrogen-bond acceptors (Lipinski definition) is 1. The van der Waals surface area contributed by atoms with Gasteiger partial charge in [0.2, 0.25) is 0 Å². The molecule has 4 saturated carbocycles. The Labute approximate surface area is 128 Å². The van der Waals surface area contributed by atoms with Crippen LogP contribution in [0.1, 0.15) is 68.3 Å². The van der Waals surface area contributed by atoms with Crippen LogP contribution in [0.5, 0.6) is 0 Å². The third-order valence-corrected chi connectivity index (χ3v) is 6.43. The van der Waals surface area contributed by atoms with Crippen molar-refractivity contribution in [3.63, 3.8) is 0 Å². The van der Waals surface area contributed by atoms with Crippen molar-refractivity contribution >= 4 is 5.78 Å². The first kappa shape index (κ1) is 13.5. The van der Waals surface area contributed by atoms with Crippen LogP contribution in [0.15, 0.2) is 24.3 Å². The predicted molar refractivity (Wildman–Crippen MR) is 85.4 cm³/mol. The van der Waals surface area contributed by atoms with E-state index in [9.17, 15) is 4.79 Å². The van der Waals surface area contributed by atoms with Crippen LogP contribution < -0.4 is 0 Å². The fourth-order valence-electron chi connectivity index (χ4n) is 6.22. The van der Waals surface area contributed by atoms with Gasteiger partial charge in [-0.3, -0.25) is 4.79 Å². The van der Waals surface area contributed by atoms with Crippen molar-refractivity contribution in [1.29, 1.82) is 0 Å². The van der Waals surface area contributed by atoms with Crippen LogP contribution in [-0.2, 0) is 6.42 Å². The molecule has 4 aliphatic rings. The fraction of sp³-hybridized carbons (Fsp3) is 0.650. The number of Topliss-reactive ketones (excluding diaryl/α,β-unsaturated/α-hetero) is 1. The Kier molecular flexibility index (Phi) is 2.87. The highest BCUT2D eigenvalue weighted by molar-refractivity contribution is 6.01. The average Bonchev–Trinajstić information content (AvgIpc) is 2.44. The SMILES string of the molecule is CCc1cccc(C(=O)C23CC4CC(CC(C)(C4)C2)C3)c1. The van der Waals surface area contributed by atoms with Crippen molar-refractivity contribution in [1.82, 2.24) is 0 Å². The lowest BCUT2D eigenvalue weighted by Crippen LogP contribution is -2.54. The van der Waals surface area contributed by atoms with E-state index in [1.54, 1.807) is 0 Å². The first-order valence-corrected chi connectivity index (χ1v) is 8.66. The molecule has 4 aliphatic carbocycles. The molecule has 2 atom stereocenters. The summed E-state index contributed by atoms with van der Waals surface area (Å²) in [6, 6.07) is 8.39. The maximum Gasteiger partial charge on any atom is 0.169 e. The van der Waals surface area contributed by atoms with Gasteiger partial charge in [0.25, 0.3) is 0 Å². The second-order valence-electron chi connectivity index (χ2n) is 8.44. The van der Waals surface area contributed by atoms with Gasteiger partial charge >= 0.3 is 0 Å². The molecule has 5 rings (SSSR count). The van der Waals surface area contributed by atoms with Gasteiger partial charge in [0.05, 0.1) is 0 Å². The van der Waals surface area contributed by atoms with Crippen LogP contribution in [0, 0.1) is 22.7 Å². The highest BCUT2D eigenvalue weighted by Gasteiger charge is 2.58. The fourth-order valence-corrected chi connectivity index (χ4v) is 6.22. The standard InChI is InChI=1S/C20H26O/c1-3-14-5-4-6-17(8-14)18(21)20-11-15-7-16(12-20)10-19(2,9-15)13-20/h4-6,8,15-16H,3,7,9-13H2,1-2H3. The van der Waals surface area contributed by atoms with E-state index in [0.717, 1.165) is 43.1 Å². The van der Waals surface area contributed by atoms with Crippen molar-refractivity contribution in [2.75, 3.05) is 0 Å². The van der Waals surface area contributed by atoms with E-state index in [1.165, 1.54) is 24.8 Å². The Bertz CT molecular complexity index is 571. The summed E-state index contributed by atoms with van der Waals surface area (Å²) in [5, 5.41) is 0. The molecule has 0 amide bonds. The zero-order valence-corrected chi connectivity index (χ0v) is 13.3. The van der Waals surface area contributed by atoms with E-state index in [0.29, 0.717) is 11.2 Å². The van der Waals surface area contributed by atoms with Crippen molar-refractivity contribution < 1.29 is 4.79 Å². The molecular formula is C20H26O. The Hall–Kier alpha value is -1.11. The van der Waals surface area contributed by atoms with E-state index < -0.39 is 0 Å². The summed E-state index contributed by atoms with van der Waals surface area (Å²) in [7, 11) is 0. The number of aryl methyl sites for hydroxylation is 1. The lowest BCUT2D eigenvalue weighted by Gasteiger charge is -2.60. The summed E-state index contributed by atoms with van der Waals surface area (Å²) in [5.41, 5.74) is 2.68. The van der Waals surface area contributed by atoms with Gasteiger partial charge in [-0.05, 0) is 73.8 Å². The molecule has 1 heteroatoms. The van der Waals surface area contributed by atoms with Gasteiger partial charge in [0, 0.05) is 11.0 Å². The molecule has 0 aromatic heterocycles. The quantitative estimate of drug-likeness (QED) is 0.710. The topological polar surface area (TPSA) is 17.1 Å². The Balaban J connectivity index is 1.70. The molecule has 21 heavy (non-hydrogen) atoms. The summed E-state index contributed by atoms with van der Waals surface area (Å²) in [6.45, 7) is 4.60. The van der Waals surface area contributed by atoms with E-state index in [1.807, 2.05) is 6.07 Å². The van der Waals surface area contributed by atoms with Gasteiger partial charge in [0.1, 0.15) is 0 Å². The summed E-state index contributed by atoms with van der Waals surface area (Å²) in [6.07, 6.45) is 8.60. The van der Waals surface area contributed by atoms with Gasteiger partial charge in [-0.2, -0.15) is 0 Å². The first-order chi connectivity index (χ1) is 10.0. The van der Waals surface area contributed by atoms with Gasteiger partial charge in [-0.1, -0.05) is 32.0 Å². The molecule has 4 bridgehead atoms. The number of hydrogen-bond donors (Lipinski definition) is 0. The average molecular weight is 282 g/mol. The number of rotatable bonds is 3. The van der Waals surface area contributed by atoms with Crippen LogP contribution in [0.25, 0.3) is 0 Å². The molecule has 0 spiro atoms. The third kappa shape index (κ3) is 2.08. The van der Waals surface area contributed by atoms with Gasteiger partial charge < -0.3 is 0 Å². The van der Waals surface area contributed by atoms with Crippen LogP contribution in [0.3, 0.4) is 0 Å². The zero-order valence-electron chi connectivity index (χ0n) is 13.3. The molecular weight excluding hydrogens is 256 g/mol. The molecule has 2 unspecified atom stereocenters. The molecule has 1 aromatic carbocycles. The summed E-state index contributed by atoms with van der Waals surface area (Å²) in [5.74, 6) is 2.09. The largest absolute Gasteiger partial charge is 0.294 e. The van der Waals surface area contributed by atoms with E-state index in [2.05, 4.69) is 32.0 Å². The van der Waals surface area contributed by atoms with Crippen LogP contribution in [0.4, 0.5) is 0 Å². The van der Waals surface area contributed by atoms with Crippen LogP contribution in [0.2, 0.25) is 0 Å². The Morgan fingerprint density at radius 2 is 1.90 bits per heavy atom. The van der Waals surface area contributed by atoms with Crippen molar-refractivity contribution in [2.24, 2.45) is 22.7 Å². The van der Waals surface area contributed by atoms with E-state index in [-0.39, 0.29) is 5.41 Å². The third-order valence-electron chi connectivity index (χ3n) is 6.43. The number of carbonyl (C=O) groups is 1. The molecule has 1 aromatic rings. The molecule has 0 heterocycles. The predicted octanol–water partition coefficient (Wildman–Crippen LogP) is 5.04. The van der Waals surface area contributed by atoms with Crippen molar-refractivity contribution in [3.05, 3.63) is 35.4 Å². The highest BCUT2D eigenvalue weighted by Crippen LogP contribution is 2.65. The number of benzene rings is 1. The second kappa shape index (κ2) is 4.44. The molecule has 112 valence electrons. The lowest BCUT2D eigenvalue weighted by molar-refractivity contribution is -0.0820. The Morgan fingerprint density at radius 1 is 1.19 bits per heavy atom. The zero-order chi connectivity index (χ0) is 14.7. The van der Waals surface area contributed by atoms with Gasteiger partial charge in [-0.25, -0.2) is 0 Å². The summed E-state index contributed by atoms with van der Waals surface area (Å²) < 4.78 is 0. The molecule has 0 saturated heterocycles. The second-order valence-corrected chi connectivity index (χ2v) is 8.44. The first-order valence-electron chi connectivity index (χ1n) is 8.66. The minimum atomic E-state index is -0.0226. The Morgan fingerprint density at radius 3 is 2.52 bits per heavy atom. The molecule has 0 N–H and O–H groups in total. The monoisotopic (exact) mass is 282 g/mol. The molecule has 0 radical (unpaired) electrons. The summed E-state index contributed by atoms with van der Waals surface area (Å²) >= 11 is 0. The van der Waals surface area contributed by atoms with Gasteiger partial charge in [-0.15, -0.1) is 0 Å². The minimum absolute atomic E-state index is 0.0226. The highest BCUT2D eigenvalue weighted by atomic mass is 16.1. The van der Waals surface area contributed by atoms with Crippen LogP contribution >= 0.6 is 0 Å². The molecule has 0 aliphatic heterocycles.